The first-order chi connectivity index (χ1) is 13.0. The summed E-state index contributed by atoms with van der Waals surface area (Å²) in [4.78, 5) is 24.6. The first-order valence-corrected chi connectivity index (χ1v) is 9.01. The van der Waals surface area contributed by atoms with Gasteiger partial charge in [0.25, 0.3) is 5.56 Å². The van der Waals surface area contributed by atoms with E-state index in [-0.39, 0.29) is 18.0 Å². The van der Waals surface area contributed by atoms with E-state index < -0.39 is 0 Å². The summed E-state index contributed by atoms with van der Waals surface area (Å²) < 4.78 is 1.20. The molecule has 5 nitrogen and oxygen atoms in total. The second-order valence-electron chi connectivity index (χ2n) is 6.63. The maximum absolute atomic E-state index is 12.4. The summed E-state index contributed by atoms with van der Waals surface area (Å²) >= 11 is 0. The van der Waals surface area contributed by atoms with Crippen LogP contribution < -0.4 is 10.9 Å². The predicted octanol–water partition coefficient (Wildman–Crippen LogP) is 3.73. The molecular formula is C22H23N3O2. The van der Waals surface area contributed by atoms with E-state index >= 15 is 0 Å². The van der Waals surface area contributed by atoms with Crippen molar-refractivity contribution in [2.45, 2.75) is 33.7 Å². The van der Waals surface area contributed by atoms with Gasteiger partial charge in [-0.15, -0.1) is 0 Å². The van der Waals surface area contributed by atoms with Crippen LogP contribution >= 0.6 is 0 Å². The van der Waals surface area contributed by atoms with E-state index in [1.165, 1.54) is 16.3 Å². The first-order valence-electron chi connectivity index (χ1n) is 9.01. The summed E-state index contributed by atoms with van der Waals surface area (Å²) in [6.07, 6.45) is 0.964. The zero-order valence-electron chi connectivity index (χ0n) is 15.8. The molecular weight excluding hydrogens is 338 g/mol. The number of aryl methyl sites for hydroxylation is 3. The molecule has 2 aromatic carbocycles. The van der Waals surface area contributed by atoms with Gasteiger partial charge < -0.3 is 5.32 Å². The highest BCUT2D eigenvalue weighted by Gasteiger charge is 2.10. The van der Waals surface area contributed by atoms with E-state index in [0.29, 0.717) is 5.69 Å². The zero-order chi connectivity index (χ0) is 19.4. The quantitative estimate of drug-likeness (QED) is 0.753. The Morgan fingerprint density at radius 3 is 2.48 bits per heavy atom. The van der Waals surface area contributed by atoms with Gasteiger partial charge in [0.2, 0.25) is 5.91 Å². The number of nitrogens with zero attached hydrogens (tertiary/aromatic N) is 2. The second-order valence-corrected chi connectivity index (χ2v) is 6.63. The van der Waals surface area contributed by atoms with Gasteiger partial charge in [-0.05, 0) is 49.1 Å². The van der Waals surface area contributed by atoms with E-state index in [0.717, 1.165) is 28.8 Å². The van der Waals surface area contributed by atoms with Crippen molar-refractivity contribution in [3.05, 3.63) is 81.6 Å². The molecule has 0 radical (unpaired) electrons. The Morgan fingerprint density at radius 2 is 1.78 bits per heavy atom. The molecule has 3 aromatic rings. The molecule has 1 heterocycles. The number of anilines is 1. The Labute approximate surface area is 158 Å². The number of carbonyl (C=O) groups excluding carboxylic acids is 1. The number of aromatic nitrogens is 2. The van der Waals surface area contributed by atoms with Crippen molar-refractivity contribution in [2.24, 2.45) is 0 Å². The lowest BCUT2D eigenvalue weighted by Crippen LogP contribution is -2.29. The molecule has 0 aliphatic carbocycles. The third kappa shape index (κ3) is 4.50. The van der Waals surface area contributed by atoms with Crippen LogP contribution in [0.25, 0.3) is 11.3 Å². The molecule has 0 bridgehead atoms. The molecule has 3 rings (SSSR count). The molecule has 0 aliphatic rings. The van der Waals surface area contributed by atoms with Crippen molar-refractivity contribution in [3.8, 4) is 11.3 Å². The standard InChI is InChI=1S/C22H23N3O2/c1-4-17-7-9-18(10-8-17)19-11-12-22(27)25(24-19)14-21(26)23-20-13-15(2)5-6-16(20)3/h5-13H,4,14H2,1-3H3,(H,23,26). The molecule has 0 saturated carbocycles. The molecule has 5 heteroatoms. The fourth-order valence-corrected chi connectivity index (χ4v) is 2.82. The van der Waals surface area contributed by atoms with Gasteiger partial charge in [-0.25, -0.2) is 4.68 Å². The van der Waals surface area contributed by atoms with Gasteiger partial charge in [-0.1, -0.05) is 43.3 Å². The van der Waals surface area contributed by atoms with Gasteiger partial charge in [-0.3, -0.25) is 9.59 Å². The number of rotatable bonds is 5. The lowest BCUT2D eigenvalue weighted by atomic mass is 10.1. The predicted molar refractivity (Wildman–Crippen MR) is 108 cm³/mol. The van der Waals surface area contributed by atoms with Crippen LogP contribution in [-0.2, 0) is 17.8 Å². The van der Waals surface area contributed by atoms with Crippen LogP contribution in [0, 0.1) is 13.8 Å². The molecule has 0 atom stereocenters. The van der Waals surface area contributed by atoms with E-state index in [1.807, 2.05) is 56.3 Å². The summed E-state index contributed by atoms with van der Waals surface area (Å²) in [5.41, 5.74) is 5.29. The van der Waals surface area contributed by atoms with Gasteiger partial charge in [0.1, 0.15) is 6.54 Å². The third-order valence-corrected chi connectivity index (χ3v) is 4.49. The fraction of sp³-hybridized carbons (Fsp3) is 0.227. The van der Waals surface area contributed by atoms with Gasteiger partial charge >= 0.3 is 0 Å². The van der Waals surface area contributed by atoms with Crippen LogP contribution in [0.2, 0.25) is 0 Å². The first kappa shape index (κ1) is 18.6. The molecule has 1 N–H and O–H groups in total. The molecule has 0 spiro atoms. The molecule has 1 amide bonds. The molecule has 0 unspecified atom stereocenters. The Hall–Kier alpha value is -3.21. The average molecular weight is 361 g/mol. The smallest absolute Gasteiger partial charge is 0.267 e. The monoisotopic (exact) mass is 361 g/mol. The lowest BCUT2D eigenvalue weighted by molar-refractivity contribution is -0.117. The van der Waals surface area contributed by atoms with Crippen molar-refractivity contribution in [1.82, 2.24) is 9.78 Å². The van der Waals surface area contributed by atoms with E-state index in [9.17, 15) is 9.59 Å². The number of nitrogens with one attached hydrogen (secondary N) is 1. The van der Waals surface area contributed by atoms with Gasteiger partial charge in [0, 0.05) is 17.3 Å². The Morgan fingerprint density at radius 1 is 1.04 bits per heavy atom. The van der Waals surface area contributed by atoms with Crippen LogP contribution in [0.1, 0.15) is 23.6 Å². The van der Waals surface area contributed by atoms with Crippen LogP contribution in [0.5, 0.6) is 0 Å². The van der Waals surface area contributed by atoms with Crippen molar-refractivity contribution in [2.75, 3.05) is 5.32 Å². The van der Waals surface area contributed by atoms with Crippen LogP contribution in [0.3, 0.4) is 0 Å². The van der Waals surface area contributed by atoms with Crippen molar-refractivity contribution < 1.29 is 4.79 Å². The molecule has 1 aromatic heterocycles. The Kier molecular flexibility index (Phi) is 5.50. The number of benzene rings is 2. The summed E-state index contributed by atoms with van der Waals surface area (Å²) in [6.45, 7) is 5.86. The van der Waals surface area contributed by atoms with Crippen LogP contribution in [-0.4, -0.2) is 15.7 Å². The number of hydrogen-bond acceptors (Lipinski definition) is 3. The van der Waals surface area contributed by atoms with Crippen molar-refractivity contribution >= 4 is 11.6 Å². The topological polar surface area (TPSA) is 64.0 Å². The van der Waals surface area contributed by atoms with Gasteiger partial charge in [0.15, 0.2) is 0 Å². The lowest BCUT2D eigenvalue weighted by Gasteiger charge is -2.11. The van der Waals surface area contributed by atoms with E-state index in [1.54, 1.807) is 6.07 Å². The molecule has 138 valence electrons. The maximum Gasteiger partial charge on any atom is 0.267 e. The highest BCUT2D eigenvalue weighted by Crippen LogP contribution is 2.17. The fourth-order valence-electron chi connectivity index (χ4n) is 2.82. The largest absolute Gasteiger partial charge is 0.324 e. The minimum Gasteiger partial charge on any atom is -0.324 e. The zero-order valence-corrected chi connectivity index (χ0v) is 15.8. The van der Waals surface area contributed by atoms with Crippen molar-refractivity contribution in [1.29, 1.82) is 0 Å². The minimum atomic E-state index is -0.306. The summed E-state index contributed by atoms with van der Waals surface area (Å²) in [5, 5.41) is 7.23. The molecule has 27 heavy (non-hydrogen) atoms. The van der Waals surface area contributed by atoms with Gasteiger partial charge in [-0.2, -0.15) is 5.10 Å². The highest BCUT2D eigenvalue weighted by molar-refractivity contribution is 5.91. The normalized spacial score (nSPS) is 10.6. The Balaban J connectivity index is 1.80. The Bertz CT molecular complexity index is 1020. The third-order valence-electron chi connectivity index (χ3n) is 4.49. The molecule has 0 saturated heterocycles. The summed E-state index contributed by atoms with van der Waals surface area (Å²) in [6, 6.07) is 17.0. The number of carbonyl (C=O) groups is 1. The average Bonchev–Trinajstić information content (AvgIpc) is 2.66. The summed E-state index contributed by atoms with van der Waals surface area (Å²) in [7, 11) is 0. The molecule has 0 aliphatic heterocycles. The van der Waals surface area contributed by atoms with Crippen LogP contribution in [0.15, 0.2) is 59.4 Å². The number of hydrogen-bond donors (Lipinski definition) is 1. The summed E-state index contributed by atoms with van der Waals surface area (Å²) in [5.74, 6) is -0.281. The van der Waals surface area contributed by atoms with Crippen LogP contribution in [0.4, 0.5) is 5.69 Å². The van der Waals surface area contributed by atoms with E-state index in [2.05, 4.69) is 17.3 Å². The second kappa shape index (κ2) is 7.99. The highest BCUT2D eigenvalue weighted by atomic mass is 16.2. The minimum absolute atomic E-state index is 0.132. The SMILES string of the molecule is CCc1ccc(-c2ccc(=O)n(CC(=O)Nc3cc(C)ccc3C)n2)cc1. The van der Waals surface area contributed by atoms with Crippen molar-refractivity contribution in [3.63, 3.8) is 0 Å². The number of amides is 1. The maximum atomic E-state index is 12.4. The van der Waals surface area contributed by atoms with Gasteiger partial charge in [0.05, 0.1) is 5.69 Å². The molecule has 0 fully saturated rings. The van der Waals surface area contributed by atoms with E-state index in [4.69, 9.17) is 0 Å².